The van der Waals surface area contributed by atoms with Crippen LogP contribution in [0.1, 0.15) is 31.2 Å². The van der Waals surface area contributed by atoms with Crippen LogP contribution >= 0.6 is 12.2 Å². The van der Waals surface area contributed by atoms with Gasteiger partial charge in [0.05, 0.1) is 6.10 Å². The van der Waals surface area contributed by atoms with Crippen molar-refractivity contribution >= 4 is 22.9 Å². The summed E-state index contributed by atoms with van der Waals surface area (Å²) < 4.78 is 13.7. The molecule has 0 unspecified atom stereocenters. The molecule has 1 aromatic rings. The van der Waals surface area contributed by atoms with E-state index >= 15 is 0 Å². The van der Waals surface area contributed by atoms with Crippen molar-refractivity contribution in [3.8, 4) is 0 Å². The molecule has 4 N–H and O–H groups in total. The van der Waals surface area contributed by atoms with Gasteiger partial charge in [0.1, 0.15) is 10.8 Å². The normalized spacial score (nSPS) is 23.7. The number of nitrogens with two attached hydrogens (primary N) is 1. The Kier molecular flexibility index (Phi) is 4.14. The highest BCUT2D eigenvalue weighted by molar-refractivity contribution is 7.80. The fraction of sp³-hybridized carbons (Fsp3) is 0.462. The Morgan fingerprint density at radius 3 is 2.56 bits per heavy atom. The summed E-state index contributed by atoms with van der Waals surface area (Å²) in [5.41, 5.74) is 6.41. The second kappa shape index (κ2) is 5.63. The van der Waals surface area contributed by atoms with Crippen LogP contribution in [0.25, 0.3) is 0 Å². The topological polar surface area (TPSA) is 58.3 Å². The molecule has 0 saturated heterocycles. The predicted molar refractivity (Wildman–Crippen MR) is 74.2 cm³/mol. The maximum absolute atomic E-state index is 13.7. The molecule has 18 heavy (non-hydrogen) atoms. The van der Waals surface area contributed by atoms with E-state index in [0.29, 0.717) is 6.04 Å². The zero-order valence-electron chi connectivity index (χ0n) is 10.0. The van der Waals surface area contributed by atoms with Crippen LogP contribution in [0.15, 0.2) is 18.2 Å². The van der Waals surface area contributed by atoms with Gasteiger partial charge in [-0.05, 0) is 43.9 Å². The molecule has 0 radical (unpaired) electrons. The minimum absolute atomic E-state index is 0.0693. The zero-order valence-corrected chi connectivity index (χ0v) is 10.8. The molecule has 0 aromatic heterocycles. The average Bonchev–Trinajstić information content (AvgIpc) is 2.32. The Morgan fingerprint density at radius 1 is 1.33 bits per heavy atom. The maximum Gasteiger partial charge on any atom is 0.135 e. The van der Waals surface area contributed by atoms with Crippen molar-refractivity contribution in [1.29, 1.82) is 0 Å². The highest BCUT2D eigenvalue weighted by Crippen LogP contribution is 2.23. The lowest BCUT2D eigenvalue weighted by molar-refractivity contribution is 0.126. The summed E-state index contributed by atoms with van der Waals surface area (Å²) >= 11 is 4.76. The van der Waals surface area contributed by atoms with Crippen molar-refractivity contribution in [2.75, 3.05) is 5.32 Å². The molecule has 2 rings (SSSR count). The van der Waals surface area contributed by atoms with E-state index in [-0.39, 0.29) is 16.7 Å². The monoisotopic (exact) mass is 268 g/mol. The minimum atomic E-state index is -0.400. The molecule has 1 aromatic carbocycles. The second-order valence-corrected chi connectivity index (χ2v) is 5.15. The Bertz CT molecular complexity index is 445. The number of benzene rings is 1. The van der Waals surface area contributed by atoms with Crippen LogP contribution in [0, 0.1) is 5.82 Å². The number of thiocarbonyl (C=S) groups is 1. The molecule has 1 saturated carbocycles. The molecule has 0 aliphatic heterocycles. The molecule has 0 spiro atoms. The van der Waals surface area contributed by atoms with E-state index in [1.807, 2.05) is 0 Å². The van der Waals surface area contributed by atoms with Crippen LogP contribution < -0.4 is 11.1 Å². The Morgan fingerprint density at radius 2 is 2.00 bits per heavy atom. The number of rotatable bonds is 3. The quantitative estimate of drug-likeness (QED) is 0.735. The van der Waals surface area contributed by atoms with E-state index in [4.69, 9.17) is 18.0 Å². The summed E-state index contributed by atoms with van der Waals surface area (Å²) in [6.07, 6.45) is 3.22. The van der Waals surface area contributed by atoms with E-state index in [1.54, 1.807) is 12.1 Å². The van der Waals surface area contributed by atoms with Gasteiger partial charge in [-0.15, -0.1) is 0 Å². The smallest absolute Gasteiger partial charge is 0.135 e. The standard InChI is InChI=1S/C13H17FN2OS/c14-12-7-9(3-6-11(12)13(15)18)16-8-1-4-10(17)5-2-8/h3,6-8,10,16-17H,1-2,4-5H2,(H2,15,18). The van der Waals surface area contributed by atoms with Crippen molar-refractivity contribution in [1.82, 2.24) is 0 Å². The predicted octanol–water partition coefficient (Wildman–Crippen LogP) is 2.18. The van der Waals surface area contributed by atoms with E-state index in [0.717, 1.165) is 31.4 Å². The maximum atomic E-state index is 13.7. The summed E-state index contributed by atoms with van der Waals surface area (Å²) in [6, 6.07) is 5.09. The van der Waals surface area contributed by atoms with Gasteiger partial charge in [-0.25, -0.2) is 4.39 Å². The van der Waals surface area contributed by atoms with E-state index < -0.39 is 5.82 Å². The summed E-state index contributed by atoms with van der Waals surface area (Å²) in [5.74, 6) is -0.400. The van der Waals surface area contributed by atoms with Crippen LogP contribution in [0.4, 0.5) is 10.1 Å². The lowest BCUT2D eigenvalue weighted by Gasteiger charge is -2.27. The fourth-order valence-electron chi connectivity index (χ4n) is 2.26. The van der Waals surface area contributed by atoms with Gasteiger partial charge in [-0.1, -0.05) is 12.2 Å². The van der Waals surface area contributed by atoms with Gasteiger partial charge in [0.2, 0.25) is 0 Å². The third kappa shape index (κ3) is 3.17. The van der Waals surface area contributed by atoms with Crippen LogP contribution in [0.2, 0.25) is 0 Å². The van der Waals surface area contributed by atoms with E-state index in [1.165, 1.54) is 6.07 Å². The van der Waals surface area contributed by atoms with Crippen LogP contribution in [0.3, 0.4) is 0 Å². The molecule has 0 atom stereocenters. The first kappa shape index (κ1) is 13.2. The summed E-state index contributed by atoms with van der Waals surface area (Å²) in [5, 5.41) is 12.7. The van der Waals surface area contributed by atoms with Gasteiger partial charge >= 0.3 is 0 Å². The van der Waals surface area contributed by atoms with Crippen LogP contribution in [-0.2, 0) is 0 Å². The Balaban J connectivity index is 2.02. The summed E-state index contributed by atoms with van der Waals surface area (Å²) in [7, 11) is 0. The molecule has 1 fully saturated rings. The van der Waals surface area contributed by atoms with Gasteiger partial charge in [-0.2, -0.15) is 0 Å². The number of aliphatic hydroxyl groups excluding tert-OH is 1. The third-order valence-corrected chi connectivity index (χ3v) is 3.52. The molecule has 1 aliphatic rings. The van der Waals surface area contributed by atoms with Gasteiger partial charge in [0.25, 0.3) is 0 Å². The number of hydrogen-bond donors (Lipinski definition) is 3. The largest absolute Gasteiger partial charge is 0.393 e. The number of anilines is 1. The highest BCUT2D eigenvalue weighted by Gasteiger charge is 2.19. The number of hydrogen-bond acceptors (Lipinski definition) is 3. The van der Waals surface area contributed by atoms with Crippen molar-refractivity contribution in [2.24, 2.45) is 5.73 Å². The summed E-state index contributed by atoms with van der Waals surface area (Å²) in [6.45, 7) is 0. The number of nitrogens with one attached hydrogen (secondary N) is 1. The van der Waals surface area contributed by atoms with Crippen molar-refractivity contribution in [3.05, 3.63) is 29.6 Å². The first-order valence-corrected chi connectivity index (χ1v) is 6.51. The summed E-state index contributed by atoms with van der Waals surface area (Å²) in [4.78, 5) is 0.0693. The van der Waals surface area contributed by atoms with Crippen LogP contribution in [0.5, 0.6) is 0 Å². The first-order valence-electron chi connectivity index (χ1n) is 6.10. The molecule has 5 heteroatoms. The van der Waals surface area contributed by atoms with Gasteiger partial charge in [-0.3, -0.25) is 0 Å². The molecule has 0 bridgehead atoms. The molecule has 0 heterocycles. The third-order valence-electron chi connectivity index (χ3n) is 3.30. The lowest BCUT2D eigenvalue weighted by atomic mass is 9.93. The first-order chi connectivity index (χ1) is 8.56. The molecule has 0 amide bonds. The average molecular weight is 268 g/mol. The van der Waals surface area contributed by atoms with Crippen molar-refractivity contribution in [2.45, 2.75) is 37.8 Å². The van der Waals surface area contributed by atoms with Crippen LogP contribution in [-0.4, -0.2) is 22.2 Å². The number of aliphatic hydroxyl groups is 1. The van der Waals surface area contributed by atoms with Gasteiger partial charge < -0.3 is 16.2 Å². The van der Waals surface area contributed by atoms with Gasteiger partial charge in [0, 0.05) is 17.3 Å². The highest BCUT2D eigenvalue weighted by atomic mass is 32.1. The number of halogens is 1. The van der Waals surface area contributed by atoms with Crippen molar-refractivity contribution < 1.29 is 9.50 Å². The Labute approximate surface area is 111 Å². The molecular weight excluding hydrogens is 251 g/mol. The van der Waals surface area contributed by atoms with Gasteiger partial charge in [0.15, 0.2) is 0 Å². The Hall–Kier alpha value is -1.20. The SMILES string of the molecule is NC(=S)c1ccc(NC2CCC(O)CC2)cc1F. The van der Waals surface area contributed by atoms with Crippen molar-refractivity contribution in [3.63, 3.8) is 0 Å². The molecular formula is C13H17FN2OS. The minimum Gasteiger partial charge on any atom is -0.393 e. The zero-order chi connectivity index (χ0) is 13.1. The van der Waals surface area contributed by atoms with E-state index in [9.17, 15) is 9.50 Å². The second-order valence-electron chi connectivity index (χ2n) is 4.71. The van der Waals surface area contributed by atoms with E-state index in [2.05, 4.69) is 5.32 Å². The molecule has 98 valence electrons. The molecule has 1 aliphatic carbocycles. The molecule has 3 nitrogen and oxygen atoms in total. The fourth-order valence-corrected chi connectivity index (χ4v) is 2.43. The lowest BCUT2D eigenvalue weighted by Crippen LogP contribution is -2.28.